The first kappa shape index (κ1) is 50.7. The third-order valence-corrected chi connectivity index (χ3v) is 16.0. The lowest BCUT2D eigenvalue weighted by Gasteiger charge is -2.36. The molecule has 0 aliphatic carbocycles. The van der Waals surface area contributed by atoms with Crippen LogP contribution in [0, 0.1) is 26.7 Å². The van der Waals surface area contributed by atoms with Gasteiger partial charge in [0.05, 0.1) is 65.8 Å². The highest BCUT2D eigenvalue weighted by atomic mass is 28.4. The average Bonchev–Trinajstić information content (AvgIpc) is 3.17. The van der Waals surface area contributed by atoms with Gasteiger partial charge in [-0.25, -0.2) is 0 Å². The SMILES string of the molecule is COC(=O)C[C@H](NC(=O)C(CCC(C)C)n1ccc(CCN(C)CCOCCOCCOCCO[Si](C)(C)C(C)(C)C)cc1=O)c1cccc(-c2c(C)cc(C)cc2C)c1. The number of carbonyl (C=O) groups is 2. The summed E-state index contributed by atoms with van der Waals surface area (Å²) in [6.07, 6.45) is 3.59. The summed E-state index contributed by atoms with van der Waals surface area (Å²) in [4.78, 5) is 42.7. The van der Waals surface area contributed by atoms with Gasteiger partial charge in [-0.1, -0.05) is 70.5 Å². The molecule has 1 heterocycles. The first-order valence-electron chi connectivity index (χ1n) is 21.6. The Morgan fingerprint density at radius 3 is 2.03 bits per heavy atom. The van der Waals surface area contributed by atoms with Gasteiger partial charge < -0.3 is 38.2 Å². The van der Waals surface area contributed by atoms with E-state index in [1.165, 1.54) is 17.2 Å². The lowest BCUT2D eigenvalue weighted by Crippen LogP contribution is -2.41. The van der Waals surface area contributed by atoms with Crippen LogP contribution in [0.25, 0.3) is 11.1 Å². The number of nitrogens with one attached hydrogen (secondary N) is 1. The van der Waals surface area contributed by atoms with Gasteiger partial charge in [0, 0.05) is 25.4 Å². The van der Waals surface area contributed by atoms with Crippen LogP contribution in [0.5, 0.6) is 0 Å². The van der Waals surface area contributed by atoms with E-state index in [2.05, 4.69) is 90.8 Å². The molecule has 1 N–H and O–H groups in total. The molecule has 0 radical (unpaired) electrons. The third-order valence-electron chi connectivity index (χ3n) is 11.5. The molecule has 0 aliphatic rings. The van der Waals surface area contributed by atoms with Crippen molar-refractivity contribution in [2.75, 3.05) is 73.5 Å². The zero-order valence-corrected chi connectivity index (χ0v) is 39.8. The number of amides is 1. The molecule has 0 saturated carbocycles. The zero-order chi connectivity index (χ0) is 44.5. The molecule has 1 aromatic heterocycles. The quantitative estimate of drug-likeness (QED) is 0.0483. The first-order chi connectivity index (χ1) is 28.3. The molecule has 334 valence electrons. The van der Waals surface area contributed by atoms with Gasteiger partial charge in [-0.3, -0.25) is 14.4 Å². The van der Waals surface area contributed by atoms with Crippen LogP contribution in [0.15, 0.2) is 59.5 Å². The van der Waals surface area contributed by atoms with Gasteiger partial charge in [-0.2, -0.15) is 0 Å². The van der Waals surface area contributed by atoms with Crippen LogP contribution in [-0.4, -0.2) is 103 Å². The second-order valence-corrected chi connectivity index (χ2v) is 22.8. The third kappa shape index (κ3) is 16.7. The summed E-state index contributed by atoms with van der Waals surface area (Å²) in [5, 5.41) is 3.33. The minimum absolute atomic E-state index is 0.0430. The van der Waals surface area contributed by atoms with E-state index in [1.54, 1.807) is 12.3 Å². The normalized spacial score (nSPS) is 13.2. The minimum Gasteiger partial charge on any atom is -0.469 e. The number of aromatic nitrogens is 1. The number of rotatable bonds is 26. The Morgan fingerprint density at radius 1 is 0.833 bits per heavy atom. The fourth-order valence-electron chi connectivity index (χ4n) is 6.91. The number of methoxy groups -OCH3 is 1. The molecule has 12 heteroatoms. The summed E-state index contributed by atoms with van der Waals surface area (Å²) in [7, 11) is 1.63. The second kappa shape index (κ2) is 24.7. The Balaban J connectivity index is 1.54. The number of esters is 1. The molecular weight excluding hydrogens is 775 g/mol. The largest absolute Gasteiger partial charge is 0.469 e. The average molecular weight is 850 g/mol. The van der Waals surface area contributed by atoms with Gasteiger partial charge in [-0.05, 0) is 117 Å². The van der Waals surface area contributed by atoms with E-state index in [4.69, 9.17) is 23.4 Å². The molecule has 11 nitrogen and oxygen atoms in total. The Kier molecular flexibility index (Phi) is 20.9. The number of hydrogen-bond acceptors (Lipinski definition) is 9. The molecule has 0 fully saturated rings. The van der Waals surface area contributed by atoms with Gasteiger partial charge in [0.15, 0.2) is 8.32 Å². The van der Waals surface area contributed by atoms with Crippen molar-refractivity contribution in [3.8, 4) is 11.1 Å². The van der Waals surface area contributed by atoms with Crippen molar-refractivity contribution in [1.29, 1.82) is 0 Å². The van der Waals surface area contributed by atoms with E-state index in [9.17, 15) is 14.4 Å². The van der Waals surface area contributed by atoms with Crippen molar-refractivity contribution in [3.05, 3.63) is 92.9 Å². The molecule has 2 aromatic carbocycles. The topological polar surface area (TPSA) is 118 Å². The number of likely N-dealkylation sites (N-methyl/N-ethyl adjacent to an activating group) is 1. The zero-order valence-electron chi connectivity index (χ0n) is 38.8. The maximum absolute atomic E-state index is 14.2. The highest BCUT2D eigenvalue weighted by Gasteiger charge is 2.37. The number of pyridine rings is 1. The molecule has 60 heavy (non-hydrogen) atoms. The predicted molar refractivity (Wildman–Crippen MR) is 244 cm³/mol. The molecule has 0 saturated heterocycles. The highest BCUT2D eigenvalue weighted by Crippen LogP contribution is 2.36. The van der Waals surface area contributed by atoms with Crippen molar-refractivity contribution in [2.24, 2.45) is 5.92 Å². The Hall–Kier alpha value is -3.65. The van der Waals surface area contributed by atoms with Gasteiger partial charge >= 0.3 is 5.97 Å². The van der Waals surface area contributed by atoms with Crippen LogP contribution >= 0.6 is 0 Å². The molecule has 3 aromatic rings. The van der Waals surface area contributed by atoms with Gasteiger partial charge in [0.25, 0.3) is 5.56 Å². The standard InChI is InChI=1S/C48H75N3O8Si/c1-35(2)16-17-43(47(54)49-42(34-45(53)55-10)40-14-13-15-41(33-40)46-37(4)30-36(3)31-38(46)5)51-21-19-39(32-44(51)52)18-20-50(9)22-23-56-24-25-57-26-27-58-28-29-59-60(11,12)48(6,7)8/h13-15,19,21,30-33,35,42-43H,16-18,20,22-29,34H2,1-12H3,(H,49,54)/t42-,43?/m0/s1. The van der Waals surface area contributed by atoms with Crippen LogP contribution in [0.4, 0.5) is 0 Å². The Labute approximate surface area is 361 Å². The minimum atomic E-state index is -1.74. The van der Waals surface area contributed by atoms with Crippen LogP contribution in [0.2, 0.25) is 18.1 Å². The number of nitrogens with zero attached hydrogens (tertiary/aromatic N) is 2. The molecule has 2 atom stereocenters. The van der Waals surface area contributed by atoms with Gasteiger partial charge in [0.1, 0.15) is 6.04 Å². The first-order valence-corrected chi connectivity index (χ1v) is 24.6. The molecule has 0 spiro atoms. The summed E-state index contributed by atoms with van der Waals surface area (Å²) >= 11 is 0. The van der Waals surface area contributed by atoms with Gasteiger partial charge in [-0.15, -0.1) is 0 Å². The molecule has 0 bridgehead atoms. The predicted octanol–water partition coefficient (Wildman–Crippen LogP) is 8.38. The van der Waals surface area contributed by atoms with Crippen LogP contribution < -0.4 is 10.9 Å². The maximum Gasteiger partial charge on any atom is 0.307 e. The number of carbonyl (C=O) groups excluding carboxylic acids is 2. The number of ether oxygens (including phenoxy) is 4. The van der Waals surface area contributed by atoms with Crippen molar-refractivity contribution < 1.29 is 33.0 Å². The van der Waals surface area contributed by atoms with E-state index in [0.717, 1.165) is 52.9 Å². The fraction of sp³-hybridized carbons (Fsp3) is 0.604. The van der Waals surface area contributed by atoms with Gasteiger partial charge in [0.2, 0.25) is 5.91 Å². The van der Waals surface area contributed by atoms with Crippen molar-refractivity contribution in [3.63, 3.8) is 0 Å². The number of benzene rings is 2. The highest BCUT2D eigenvalue weighted by molar-refractivity contribution is 6.74. The van der Waals surface area contributed by atoms with Crippen LogP contribution in [-0.2, 0) is 39.4 Å². The Morgan fingerprint density at radius 2 is 1.45 bits per heavy atom. The molecule has 1 amide bonds. The summed E-state index contributed by atoms with van der Waals surface area (Å²) in [6.45, 7) is 27.0. The lowest BCUT2D eigenvalue weighted by molar-refractivity contribution is -0.141. The summed E-state index contributed by atoms with van der Waals surface area (Å²) in [5.74, 6) is -0.419. The van der Waals surface area contributed by atoms with E-state index in [-0.39, 0.29) is 22.9 Å². The Bertz CT molecular complexity index is 1830. The lowest BCUT2D eigenvalue weighted by atomic mass is 9.91. The van der Waals surface area contributed by atoms with E-state index in [0.29, 0.717) is 65.0 Å². The van der Waals surface area contributed by atoms with Crippen molar-refractivity contribution in [2.45, 2.75) is 111 Å². The van der Waals surface area contributed by atoms with E-state index < -0.39 is 26.4 Å². The fourth-order valence-corrected chi connectivity index (χ4v) is 7.94. The summed E-state index contributed by atoms with van der Waals surface area (Å²) in [5.41, 5.74) is 7.10. The van der Waals surface area contributed by atoms with E-state index >= 15 is 0 Å². The van der Waals surface area contributed by atoms with Crippen LogP contribution in [0.1, 0.15) is 93.8 Å². The monoisotopic (exact) mass is 850 g/mol. The molecular formula is C48H75N3O8Si. The van der Waals surface area contributed by atoms with Crippen LogP contribution in [0.3, 0.4) is 0 Å². The number of hydrogen-bond donors (Lipinski definition) is 1. The van der Waals surface area contributed by atoms with Crippen molar-refractivity contribution in [1.82, 2.24) is 14.8 Å². The number of aryl methyl sites for hydroxylation is 3. The maximum atomic E-state index is 14.2. The summed E-state index contributed by atoms with van der Waals surface area (Å²) < 4.78 is 29.8. The van der Waals surface area contributed by atoms with Crippen molar-refractivity contribution >= 4 is 20.2 Å². The molecule has 3 rings (SSSR count). The van der Waals surface area contributed by atoms with E-state index in [1.807, 2.05) is 37.4 Å². The molecule has 1 unspecified atom stereocenters. The summed E-state index contributed by atoms with van der Waals surface area (Å²) in [6, 6.07) is 14.4. The molecule has 0 aliphatic heterocycles. The smallest absolute Gasteiger partial charge is 0.307 e. The second-order valence-electron chi connectivity index (χ2n) is 18.0.